The minimum Gasteiger partial charge on any atom is -0.490 e. The Morgan fingerprint density at radius 1 is 0.968 bits per heavy atom. The van der Waals surface area contributed by atoms with Gasteiger partial charge in [-0.3, -0.25) is 9.69 Å². The molecule has 1 heterocycles. The number of nitrogens with one attached hydrogen (secondary N) is 1. The molecule has 1 N–H and O–H groups in total. The van der Waals surface area contributed by atoms with Gasteiger partial charge in [0.2, 0.25) is 5.91 Å². The predicted molar refractivity (Wildman–Crippen MR) is 123 cm³/mol. The molecule has 0 radical (unpaired) electrons. The highest BCUT2D eigenvalue weighted by Gasteiger charge is 2.14. The SMILES string of the molecule is CCOc1ccccc1OCCCC(=O)NCc1cccc(CN2CCN(C)CC2)c1. The van der Waals surface area contributed by atoms with E-state index < -0.39 is 0 Å². The maximum absolute atomic E-state index is 12.2. The van der Waals surface area contributed by atoms with Crippen molar-refractivity contribution in [3.8, 4) is 11.5 Å². The highest BCUT2D eigenvalue weighted by molar-refractivity contribution is 5.75. The van der Waals surface area contributed by atoms with Gasteiger partial charge in [0.05, 0.1) is 13.2 Å². The number of hydrogen-bond donors (Lipinski definition) is 1. The number of amides is 1. The first kappa shape index (κ1) is 23.1. The molecule has 6 heteroatoms. The maximum Gasteiger partial charge on any atom is 0.220 e. The number of ether oxygens (including phenoxy) is 2. The fourth-order valence-corrected chi connectivity index (χ4v) is 3.65. The van der Waals surface area contributed by atoms with Crippen LogP contribution < -0.4 is 14.8 Å². The second kappa shape index (κ2) is 12.3. The third-order valence-corrected chi connectivity index (χ3v) is 5.44. The predicted octanol–water partition coefficient (Wildman–Crippen LogP) is 3.31. The van der Waals surface area contributed by atoms with Crippen molar-refractivity contribution in [2.75, 3.05) is 46.4 Å². The molecule has 0 unspecified atom stereocenters. The molecule has 0 aliphatic carbocycles. The standard InChI is InChI=1S/C25H35N3O3/c1-3-30-23-10-4-5-11-24(23)31-17-7-12-25(29)26-19-21-8-6-9-22(18-21)20-28-15-13-27(2)14-16-28/h4-6,8-11,18H,3,7,12-17,19-20H2,1-2H3,(H,26,29). The average molecular weight is 426 g/mol. The first-order valence-corrected chi connectivity index (χ1v) is 11.2. The van der Waals surface area contributed by atoms with Crippen LogP contribution >= 0.6 is 0 Å². The van der Waals surface area contributed by atoms with Crippen LogP contribution in [0.3, 0.4) is 0 Å². The molecule has 1 fully saturated rings. The summed E-state index contributed by atoms with van der Waals surface area (Å²) in [6.07, 6.45) is 1.10. The Morgan fingerprint density at radius 2 is 1.68 bits per heavy atom. The molecule has 3 rings (SSSR count). The van der Waals surface area contributed by atoms with Gasteiger partial charge in [0, 0.05) is 45.7 Å². The van der Waals surface area contributed by atoms with E-state index in [1.54, 1.807) is 0 Å². The van der Waals surface area contributed by atoms with Crippen LogP contribution in [-0.4, -0.2) is 62.1 Å². The van der Waals surface area contributed by atoms with Crippen molar-refractivity contribution in [1.82, 2.24) is 15.1 Å². The van der Waals surface area contributed by atoms with Crippen LogP contribution in [0.5, 0.6) is 11.5 Å². The summed E-state index contributed by atoms with van der Waals surface area (Å²) in [5.74, 6) is 1.51. The summed E-state index contributed by atoms with van der Waals surface area (Å²) in [4.78, 5) is 17.1. The molecule has 168 valence electrons. The second-order valence-electron chi connectivity index (χ2n) is 8.01. The van der Waals surface area contributed by atoms with Crippen LogP contribution in [0.25, 0.3) is 0 Å². The van der Waals surface area contributed by atoms with Gasteiger partial charge in [-0.05, 0) is 43.7 Å². The van der Waals surface area contributed by atoms with Gasteiger partial charge in [-0.15, -0.1) is 0 Å². The van der Waals surface area contributed by atoms with Gasteiger partial charge in [0.25, 0.3) is 0 Å². The van der Waals surface area contributed by atoms with Crippen molar-refractivity contribution in [1.29, 1.82) is 0 Å². The largest absolute Gasteiger partial charge is 0.490 e. The van der Waals surface area contributed by atoms with Gasteiger partial charge < -0.3 is 19.7 Å². The average Bonchev–Trinajstić information content (AvgIpc) is 2.78. The molecule has 1 saturated heterocycles. The molecule has 0 spiro atoms. The summed E-state index contributed by atoms with van der Waals surface area (Å²) >= 11 is 0. The zero-order valence-electron chi connectivity index (χ0n) is 18.8. The third-order valence-electron chi connectivity index (χ3n) is 5.44. The summed E-state index contributed by atoms with van der Waals surface area (Å²) in [6.45, 7) is 9.01. The molecule has 1 aliphatic heterocycles. The minimum absolute atomic E-state index is 0.0474. The molecule has 0 aromatic heterocycles. The molecule has 0 bridgehead atoms. The Hall–Kier alpha value is -2.57. The lowest BCUT2D eigenvalue weighted by atomic mass is 10.1. The van der Waals surface area contributed by atoms with E-state index in [-0.39, 0.29) is 5.91 Å². The van der Waals surface area contributed by atoms with Crippen LogP contribution in [0.4, 0.5) is 0 Å². The lowest BCUT2D eigenvalue weighted by Crippen LogP contribution is -2.43. The molecule has 0 atom stereocenters. The highest BCUT2D eigenvalue weighted by atomic mass is 16.5. The van der Waals surface area contributed by atoms with Gasteiger partial charge in [-0.25, -0.2) is 0 Å². The maximum atomic E-state index is 12.2. The third kappa shape index (κ3) is 7.89. The molecule has 31 heavy (non-hydrogen) atoms. The zero-order valence-corrected chi connectivity index (χ0v) is 18.8. The summed E-state index contributed by atoms with van der Waals surface area (Å²) in [5.41, 5.74) is 2.44. The topological polar surface area (TPSA) is 54.0 Å². The van der Waals surface area contributed by atoms with Crippen LogP contribution in [0.15, 0.2) is 48.5 Å². The summed E-state index contributed by atoms with van der Waals surface area (Å²) in [5, 5.41) is 3.03. The number of nitrogens with zero attached hydrogens (tertiary/aromatic N) is 2. The van der Waals surface area contributed by atoms with Gasteiger partial charge in [0.1, 0.15) is 0 Å². The first-order valence-electron chi connectivity index (χ1n) is 11.2. The van der Waals surface area contributed by atoms with E-state index >= 15 is 0 Å². The van der Waals surface area contributed by atoms with Crippen LogP contribution in [0.2, 0.25) is 0 Å². The number of benzene rings is 2. The van der Waals surface area contributed by atoms with Crippen molar-refractivity contribution in [3.63, 3.8) is 0 Å². The number of hydrogen-bond acceptors (Lipinski definition) is 5. The van der Waals surface area contributed by atoms with Gasteiger partial charge >= 0.3 is 0 Å². The van der Waals surface area contributed by atoms with Crippen LogP contribution in [0.1, 0.15) is 30.9 Å². The molecule has 6 nitrogen and oxygen atoms in total. The van der Waals surface area contributed by atoms with Crippen LogP contribution in [0, 0.1) is 0 Å². The number of para-hydroxylation sites is 2. The molecule has 0 saturated carbocycles. The summed E-state index contributed by atoms with van der Waals surface area (Å²) in [7, 11) is 2.17. The number of carbonyl (C=O) groups excluding carboxylic acids is 1. The molecule has 1 amide bonds. The van der Waals surface area contributed by atoms with Crippen molar-refractivity contribution in [3.05, 3.63) is 59.7 Å². The van der Waals surface area contributed by atoms with E-state index in [2.05, 4.69) is 46.4 Å². The van der Waals surface area contributed by atoms with Crippen molar-refractivity contribution < 1.29 is 14.3 Å². The Balaban J connectivity index is 1.36. The Morgan fingerprint density at radius 3 is 2.42 bits per heavy atom. The van der Waals surface area contributed by atoms with Gasteiger partial charge in [-0.1, -0.05) is 36.4 Å². The summed E-state index contributed by atoms with van der Waals surface area (Å²) in [6, 6.07) is 16.1. The number of rotatable bonds is 11. The zero-order chi connectivity index (χ0) is 21.9. The Kier molecular flexibility index (Phi) is 9.18. The van der Waals surface area contributed by atoms with E-state index in [1.807, 2.05) is 31.2 Å². The monoisotopic (exact) mass is 425 g/mol. The van der Waals surface area contributed by atoms with Crippen molar-refractivity contribution >= 4 is 5.91 Å². The van der Waals surface area contributed by atoms with Crippen LogP contribution in [-0.2, 0) is 17.9 Å². The lowest BCUT2D eigenvalue weighted by molar-refractivity contribution is -0.121. The molecule has 2 aromatic rings. The van der Waals surface area contributed by atoms with E-state index in [1.165, 1.54) is 5.56 Å². The van der Waals surface area contributed by atoms with E-state index in [0.717, 1.165) is 49.8 Å². The fourth-order valence-electron chi connectivity index (χ4n) is 3.65. The quantitative estimate of drug-likeness (QED) is 0.560. The highest BCUT2D eigenvalue weighted by Crippen LogP contribution is 2.26. The van der Waals surface area contributed by atoms with E-state index in [0.29, 0.717) is 32.6 Å². The lowest BCUT2D eigenvalue weighted by Gasteiger charge is -2.32. The molecule has 1 aliphatic rings. The Labute approximate surface area is 186 Å². The van der Waals surface area contributed by atoms with E-state index in [9.17, 15) is 4.79 Å². The first-order chi connectivity index (χ1) is 15.1. The minimum atomic E-state index is 0.0474. The smallest absolute Gasteiger partial charge is 0.220 e. The number of likely N-dealkylation sites (N-methyl/N-ethyl adjacent to an activating group) is 1. The molecule has 2 aromatic carbocycles. The number of piperazine rings is 1. The Bertz CT molecular complexity index is 819. The molecular formula is C25H35N3O3. The van der Waals surface area contributed by atoms with Gasteiger partial charge in [-0.2, -0.15) is 0 Å². The molecular weight excluding hydrogens is 390 g/mol. The number of carbonyl (C=O) groups is 1. The van der Waals surface area contributed by atoms with Gasteiger partial charge in [0.15, 0.2) is 11.5 Å². The van der Waals surface area contributed by atoms with Crippen molar-refractivity contribution in [2.45, 2.75) is 32.9 Å². The summed E-state index contributed by atoms with van der Waals surface area (Å²) < 4.78 is 11.3. The normalized spacial score (nSPS) is 14.9. The second-order valence-corrected chi connectivity index (χ2v) is 8.01. The van der Waals surface area contributed by atoms with E-state index in [4.69, 9.17) is 9.47 Å². The van der Waals surface area contributed by atoms with Crippen molar-refractivity contribution in [2.24, 2.45) is 0 Å². The fraction of sp³-hybridized carbons (Fsp3) is 0.480.